The highest BCUT2D eigenvalue weighted by Gasteiger charge is 2.37. The summed E-state index contributed by atoms with van der Waals surface area (Å²) in [6.45, 7) is 6.38. The molecule has 5 nitrogen and oxygen atoms in total. The van der Waals surface area contributed by atoms with Crippen LogP contribution in [-0.2, 0) is 0 Å². The quantitative estimate of drug-likeness (QED) is 0.226. The molecular weight excluding hydrogens is 458 g/mol. The van der Waals surface area contributed by atoms with Crippen molar-refractivity contribution in [3.05, 3.63) is 35.6 Å². The molecule has 0 aromatic heterocycles. The second-order valence-corrected chi connectivity index (χ2v) is 7.54. The predicted molar refractivity (Wildman–Crippen MR) is 119 cm³/mol. The third-order valence-electron chi connectivity index (χ3n) is 4.93. The maximum atomic E-state index is 13.6. The zero-order valence-corrected chi connectivity index (χ0v) is 18.8. The van der Waals surface area contributed by atoms with E-state index in [1.165, 1.54) is 37.8 Å². The molecule has 0 aliphatic heterocycles. The maximum Gasteiger partial charge on any atom is 0.254 e. The van der Waals surface area contributed by atoms with Crippen LogP contribution in [0.2, 0.25) is 0 Å². The maximum absolute atomic E-state index is 13.6. The highest BCUT2D eigenvalue weighted by molar-refractivity contribution is 14.0. The van der Waals surface area contributed by atoms with Crippen molar-refractivity contribution in [2.45, 2.75) is 39.5 Å². The molecule has 2 rings (SSSR count). The van der Waals surface area contributed by atoms with E-state index < -0.39 is 11.7 Å². The van der Waals surface area contributed by atoms with Crippen molar-refractivity contribution in [3.63, 3.8) is 0 Å². The van der Waals surface area contributed by atoms with E-state index in [1.807, 2.05) is 0 Å². The van der Waals surface area contributed by atoms with E-state index in [1.54, 1.807) is 19.2 Å². The first-order valence-electron chi connectivity index (χ1n) is 9.43. The largest absolute Gasteiger partial charge is 0.356 e. The summed E-state index contributed by atoms with van der Waals surface area (Å²) in [5.41, 5.74) is 0.459. The van der Waals surface area contributed by atoms with Crippen LogP contribution in [0.4, 0.5) is 4.39 Å². The number of halogens is 2. The third kappa shape index (κ3) is 7.27. The Hall–Kier alpha value is -1.38. The van der Waals surface area contributed by atoms with Gasteiger partial charge in [0.25, 0.3) is 5.91 Å². The Morgan fingerprint density at radius 1 is 1.19 bits per heavy atom. The Balaban J connectivity index is 0.00000364. The zero-order chi connectivity index (χ0) is 19.0. The molecule has 0 saturated heterocycles. The second-order valence-electron chi connectivity index (χ2n) is 7.54. The number of rotatable bonds is 8. The Morgan fingerprint density at radius 3 is 2.41 bits per heavy atom. The molecule has 7 heteroatoms. The van der Waals surface area contributed by atoms with Crippen molar-refractivity contribution < 1.29 is 9.18 Å². The van der Waals surface area contributed by atoms with E-state index >= 15 is 0 Å². The first-order chi connectivity index (χ1) is 12.5. The van der Waals surface area contributed by atoms with Crippen molar-refractivity contribution in [2.75, 3.05) is 26.7 Å². The van der Waals surface area contributed by atoms with Crippen LogP contribution in [0, 0.1) is 17.2 Å². The number of hydrogen-bond donors (Lipinski definition) is 3. The van der Waals surface area contributed by atoms with Gasteiger partial charge in [0.1, 0.15) is 5.82 Å². The second kappa shape index (κ2) is 11.5. The number of carbonyl (C=O) groups excluding carboxylic acids is 1. The number of hydrogen-bond acceptors (Lipinski definition) is 2. The third-order valence-corrected chi connectivity index (χ3v) is 4.93. The van der Waals surface area contributed by atoms with Crippen molar-refractivity contribution in [1.29, 1.82) is 0 Å². The van der Waals surface area contributed by atoms with Gasteiger partial charge in [0.05, 0.1) is 5.56 Å². The van der Waals surface area contributed by atoms with Crippen molar-refractivity contribution in [3.8, 4) is 0 Å². The standard InChI is InChI=1S/C20H31FN4O.HI/c1-15(2)13-20(9-6-10-20)14-25-19(22-3)24-12-11-23-18(26)16-7-4-5-8-17(16)21;/h4-5,7-8,15H,6,9-14H2,1-3H3,(H,23,26)(H2,22,24,25);1H. The van der Waals surface area contributed by atoms with E-state index in [0.717, 1.165) is 12.5 Å². The molecule has 1 saturated carbocycles. The van der Waals surface area contributed by atoms with Gasteiger partial charge >= 0.3 is 0 Å². The lowest BCUT2D eigenvalue weighted by Crippen LogP contribution is -2.48. The monoisotopic (exact) mass is 490 g/mol. The molecule has 152 valence electrons. The molecule has 1 aliphatic rings. The molecule has 0 unspecified atom stereocenters. The van der Waals surface area contributed by atoms with Crippen LogP contribution < -0.4 is 16.0 Å². The Bertz CT molecular complexity index is 632. The fourth-order valence-electron chi connectivity index (χ4n) is 3.59. The van der Waals surface area contributed by atoms with Gasteiger partial charge in [-0.3, -0.25) is 9.79 Å². The van der Waals surface area contributed by atoms with E-state index in [0.29, 0.717) is 24.4 Å². The van der Waals surface area contributed by atoms with E-state index in [-0.39, 0.29) is 29.5 Å². The fraction of sp³-hybridized carbons (Fsp3) is 0.600. The molecule has 0 spiro atoms. The summed E-state index contributed by atoms with van der Waals surface area (Å²) < 4.78 is 13.6. The first kappa shape index (κ1) is 23.7. The van der Waals surface area contributed by atoms with Gasteiger partial charge in [0.15, 0.2) is 5.96 Å². The van der Waals surface area contributed by atoms with Crippen LogP contribution in [0.3, 0.4) is 0 Å². The van der Waals surface area contributed by atoms with Crippen LogP contribution in [0.1, 0.15) is 49.9 Å². The highest BCUT2D eigenvalue weighted by Crippen LogP contribution is 2.45. The molecule has 1 amide bonds. The average Bonchev–Trinajstić information content (AvgIpc) is 2.58. The summed E-state index contributed by atoms with van der Waals surface area (Å²) in [4.78, 5) is 16.2. The average molecular weight is 490 g/mol. The number of carbonyl (C=O) groups is 1. The van der Waals surface area contributed by atoms with Gasteiger partial charge in [-0.25, -0.2) is 4.39 Å². The summed E-state index contributed by atoms with van der Waals surface area (Å²) in [7, 11) is 1.74. The normalized spacial score (nSPS) is 15.5. The SMILES string of the molecule is CN=C(NCCNC(=O)c1ccccc1F)NCC1(CC(C)C)CCC1.I. The molecule has 1 aromatic rings. The smallest absolute Gasteiger partial charge is 0.254 e. The minimum Gasteiger partial charge on any atom is -0.356 e. The van der Waals surface area contributed by atoms with Gasteiger partial charge in [-0.05, 0) is 42.7 Å². The lowest BCUT2D eigenvalue weighted by molar-refractivity contribution is 0.0950. The Labute approximate surface area is 179 Å². The number of guanidine groups is 1. The van der Waals surface area contributed by atoms with E-state index in [4.69, 9.17) is 0 Å². The van der Waals surface area contributed by atoms with Crippen LogP contribution >= 0.6 is 24.0 Å². The summed E-state index contributed by atoms with van der Waals surface area (Å²) in [5.74, 6) is 0.519. The lowest BCUT2D eigenvalue weighted by atomic mass is 9.64. The molecule has 1 aliphatic carbocycles. The van der Waals surface area contributed by atoms with Gasteiger partial charge < -0.3 is 16.0 Å². The molecule has 0 atom stereocenters. The predicted octanol–water partition coefficient (Wildman–Crippen LogP) is 3.55. The summed E-state index contributed by atoms with van der Waals surface area (Å²) in [6, 6.07) is 5.98. The molecule has 3 N–H and O–H groups in total. The van der Waals surface area contributed by atoms with Gasteiger partial charge in [0.2, 0.25) is 0 Å². The molecule has 27 heavy (non-hydrogen) atoms. The minimum atomic E-state index is -0.508. The summed E-state index contributed by atoms with van der Waals surface area (Å²) in [5, 5.41) is 9.32. The molecule has 0 radical (unpaired) electrons. The molecule has 1 fully saturated rings. The van der Waals surface area contributed by atoms with E-state index in [2.05, 4.69) is 34.8 Å². The minimum absolute atomic E-state index is 0. The van der Waals surface area contributed by atoms with Gasteiger partial charge in [-0.1, -0.05) is 32.4 Å². The van der Waals surface area contributed by atoms with Gasteiger partial charge in [-0.15, -0.1) is 24.0 Å². The van der Waals surface area contributed by atoms with Gasteiger partial charge in [-0.2, -0.15) is 0 Å². The van der Waals surface area contributed by atoms with E-state index in [9.17, 15) is 9.18 Å². The van der Waals surface area contributed by atoms with Crippen molar-refractivity contribution >= 4 is 35.8 Å². The number of nitrogens with zero attached hydrogens (tertiary/aromatic N) is 1. The van der Waals surface area contributed by atoms with Crippen molar-refractivity contribution in [2.24, 2.45) is 16.3 Å². The number of aliphatic imine (C=N–C) groups is 1. The molecule has 0 heterocycles. The molecule has 1 aromatic carbocycles. The summed E-state index contributed by atoms with van der Waals surface area (Å²) >= 11 is 0. The highest BCUT2D eigenvalue weighted by atomic mass is 127. The number of nitrogens with one attached hydrogen (secondary N) is 3. The molecule has 0 bridgehead atoms. The van der Waals surface area contributed by atoms with Crippen LogP contribution in [0.15, 0.2) is 29.3 Å². The zero-order valence-electron chi connectivity index (χ0n) is 16.5. The Morgan fingerprint density at radius 2 is 1.85 bits per heavy atom. The number of amides is 1. The Kier molecular flexibility index (Phi) is 10.0. The van der Waals surface area contributed by atoms with Gasteiger partial charge in [0, 0.05) is 26.7 Å². The first-order valence-corrected chi connectivity index (χ1v) is 9.43. The van der Waals surface area contributed by atoms with Crippen molar-refractivity contribution in [1.82, 2.24) is 16.0 Å². The molecular formula is C20H32FIN4O. The van der Waals surface area contributed by atoms with Crippen LogP contribution in [0.25, 0.3) is 0 Å². The van der Waals surface area contributed by atoms with Crippen LogP contribution in [-0.4, -0.2) is 38.5 Å². The lowest BCUT2D eigenvalue weighted by Gasteiger charge is -2.43. The topological polar surface area (TPSA) is 65.5 Å². The van der Waals surface area contributed by atoms with Crippen LogP contribution in [0.5, 0.6) is 0 Å². The number of benzene rings is 1. The fourth-order valence-corrected chi connectivity index (χ4v) is 3.59. The summed E-state index contributed by atoms with van der Waals surface area (Å²) in [6.07, 6.45) is 5.08.